The zero-order valence-electron chi connectivity index (χ0n) is 12.7. The van der Waals surface area contributed by atoms with Crippen molar-refractivity contribution >= 4 is 23.1 Å². The van der Waals surface area contributed by atoms with Crippen LogP contribution in [0.1, 0.15) is 57.8 Å². The van der Waals surface area contributed by atoms with Gasteiger partial charge in [0.05, 0.1) is 29.2 Å². The smallest absolute Gasteiger partial charge is 0.236 e. The van der Waals surface area contributed by atoms with Gasteiger partial charge >= 0.3 is 0 Å². The van der Waals surface area contributed by atoms with E-state index in [0.717, 1.165) is 44.9 Å². The molecule has 1 aliphatic heterocycles. The molecule has 3 rings (SSSR count). The second-order valence-electron chi connectivity index (χ2n) is 6.77. The molecule has 1 saturated heterocycles. The van der Waals surface area contributed by atoms with Gasteiger partial charge in [-0.3, -0.25) is 4.79 Å². The van der Waals surface area contributed by atoms with E-state index in [9.17, 15) is 4.79 Å². The Labute approximate surface area is 132 Å². The molecule has 0 radical (unpaired) electrons. The van der Waals surface area contributed by atoms with Crippen molar-refractivity contribution in [2.75, 3.05) is 13.2 Å². The lowest BCUT2D eigenvalue weighted by Gasteiger charge is -2.43. The van der Waals surface area contributed by atoms with Crippen LogP contribution < -0.4 is 5.73 Å². The Bertz CT molecular complexity index is 419. The van der Waals surface area contributed by atoms with E-state index in [4.69, 9.17) is 22.7 Å². The van der Waals surface area contributed by atoms with E-state index < -0.39 is 5.41 Å². The second-order valence-corrected chi connectivity index (χ2v) is 7.21. The van der Waals surface area contributed by atoms with E-state index in [-0.39, 0.29) is 18.1 Å². The molecule has 4 nitrogen and oxygen atoms in total. The Balaban J connectivity index is 1.84. The molecule has 0 aromatic carbocycles. The lowest BCUT2D eigenvalue weighted by Crippen LogP contribution is -2.58. The summed E-state index contributed by atoms with van der Waals surface area (Å²) in [5.41, 5.74) is 5.48. The number of carbonyl (C=O) groups is 1. The van der Waals surface area contributed by atoms with Crippen molar-refractivity contribution in [3.05, 3.63) is 0 Å². The summed E-state index contributed by atoms with van der Waals surface area (Å²) < 4.78 is 5.83. The fourth-order valence-electron chi connectivity index (χ4n) is 4.35. The molecule has 21 heavy (non-hydrogen) atoms. The third kappa shape index (κ3) is 2.70. The van der Waals surface area contributed by atoms with E-state index in [1.807, 2.05) is 0 Å². The predicted octanol–water partition coefficient (Wildman–Crippen LogP) is 2.39. The Morgan fingerprint density at radius 1 is 1.14 bits per heavy atom. The van der Waals surface area contributed by atoms with Gasteiger partial charge in [0.15, 0.2) is 0 Å². The lowest BCUT2D eigenvalue weighted by atomic mass is 9.78. The third-order valence-electron chi connectivity index (χ3n) is 5.58. The van der Waals surface area contributed by atoms with E-state index in [2.05, 4.69) is 4.90 Å². The first-order chi connectivity index (χ1) is 10.1. The van der Waals surface area contributed by atoms with Gasteiger partial charge in [0, 0.05) is 6.54 Å². The fraction of sp³-hybridized carbons (Fsp3) is 0.875. The molecular weight excluding hydrogens is 284 g/mol. The van der Waals surface area contributed by atoms with Crippen molar-refractivity contribution < 1.29 is 9.53 Å². The van der Waals surface area contributed by atoms with Crippen molar-refractivity contribution in [1.29, 1.82) is 0 Å². The van der Waals surface area contributed by atoms with Gasteiger partial charge in [-0.15, -0.1) is 0 Å². The minimum Gasteiger partial charge on any atom is -0.392 e. The molecule has 1 amide bonds. The van der Waals surface area contributed by atoms with Gasteiger partial charge in [0.25, 0.3) is 0 Å². The van der Waals surface area contributed by atoms with Crippen LogP contribution in [0.3, 0.4) is 0 Å². The number of hydrogen-bond donors (Lipinski definition) is 1. The standard InChI is InChI=1S/C16H26N2O2S/c17-14(21)16(8-3-1-2-4-9-16)15(19)18-10-11-20-13-7-5-6-12(13)18/h12-13H,1-11H2,(H2,17,21). The SMILES string of the molecule is NC(=S)C1(C(=O)N2CCOC3CCCC32)CCCCCC1. The monoisotopic (exact) mass is 310 g/mol. The van der Waals surface area contributed by atoms with E-state index in [1.165, 1.54) is 12.8 Å². The number of carbonyl (C=O) groups excluding carboxylic acids is 1. The Morgan fingerprint density at radius 2 is 1.86 bits per heavy atom. The van der Waals surface area contributed by atoms with Crippen LogP contribution in [0.2, 0.25) is 0 Å². The molecular formula is C16H26N2O2S. The number of ether oxygens (including phenoxy) is 1. The van der Waals surface area contributed by atoms with Crippen LogP contribution in [-0.4, -0.2) is 41.1 Å². The summed E-state index contributed by atoms with van der Waals surface area (Å²) in [4.78, 5) is 15.8. The molecule has 0 spiro atoms. The van der Waals surface area contributed by atoms with Crippen LogP contribution in [0.4, 0.5) is 0 Å². The molecule has 2 saturated carbocycles. The first-order valence-corrected chi connectivity index (χ1v) is 8.78. The van der Waals surface area contributed by atoms with Crippen molar-refractivity contribution in [2.24, 2.45) is 11.1 Å². The van der Waals surface area contributed by atoms with Gasteiger partial charge in [-0.1, -0.05) is 37.9 Å². The van der Waals surface area contributed by atoms with Gasteiger partial charge in [-0.25, -0.2) is 0 Å². The molecule has 2 aliphatic carbocycles. The summed E-state index contributed by atoms with van der Waals surface area (Å²) in [7, 11) is 0. The number of amides is 1. The first-order valence-electron chi connectivity index (χ1n) is 8.38. The van der Waals surface area contributed by atoms with Crippen molar-refractivity contribution in [3.63, 3.8) is 0 Å². The highest BCUT2D eigenvalue weighted by molar-refractivity contribution is 7.80. The Kier molecular flexibility index (Phi) is 4.50. The van der Waals surface area contributed by atoms with Gasteiger partial charge in [0.1, 0.15) is 0 Å². The summed E-state index contributed by atoms with van der Waals surface area (Å²) in [5.74, 6) is 0.192. The normalized spacial score (nSPS) is 32.3. The summed E-state index contributed by atoms with van der Waals surface area (Å²) in [6.45, 7) is 1.35. The molecule has 5 heteroatoms. The number of hydrogen-bond acceptors (Lipinski definition) is 3. The minimum absolute atomic E-state index is 0.192. The number of rotatable bonds is 2. The van der Waals surface area contributed by atoms with Gasteiger partial charge in [0.2, 0.25) is 5.91 Å². The number of nitrogens with two attached hydrogens (primary N) is 1. The summed E-state index contributed by atoms with van der Waals surface area (Å²) in [5, 5.41) is 0. The average Bonchev–Trinajstić information content (AvgIpc) is 2.82. The largest absolute Gasteiger partial charge is 0.392 e. The fourth-order valence-corrected chi connectivity index (χ4v) is 4.64. The summed E-state index contributed by atoms with van der Waals surface area (Å²) in [6.07, 6.45) is 9.67. The van der Waals surface area contributed by atoms with E-state index >= 15 is 0 Å². The molecule has 118 valence electrons. The molecule has 3 fully saturated rings. The summed E-state index contributed by atoms with van der Waals surface area (Å²) >= 11 is 5.35. The summed E-state index contributed by atoms with van der Waals surface area (Å²) in [6, 6.07) is 0.251. The molecule has 2 unspecified atom stereocenters. The Hall–Kier alpha value is -0.680. The van der Waals surface area contributed by atoms with E-state index in [1.54, 1.807) is 0 Å². The van der Waals surface area contributed by atoms with Gasteiger partial charge in [-0.2, -0.15) is 0 Å². The maximum absolute atomic E-state index is 13.3. The highest BCUT2D eigenvalue weighted by Gasteiger charge is 2.48. The molecule has 0 aromatic heterocycles. The maximum atomic E-state index is 13.3. The van der Waals surface area contributed by atoms with Crippen LogP contribution in [0.5, 0.6) is 0 Å². The maximum Gasteiger partial charge on any atom is 0.236 e. The highest BCUT2D eigenvalue weighted by Crippen LogP contribution is 2.40. The molecule has 3 aliphatic rings. The quantitative estimate of drug-likeness (QED) is 0.628. The van der Waals surface area contributed by atoms with Gasteiger partial charge < -0.3 is 15.4 Å². The van der Waals surface area contributed by atoms with Crippen molar-refractivity contribution in [1.82, 2.24) is 4.90 Å². The first kappa shape index (κ1) is 15.2. The topological polar surface area (TPSA) is 55.6 Å². The molecule has 0 bridgehead atoms. The number of fused-ring (bicyclic) bond motifs is 1. The van der Waals surface area contributed by atoms with Crippen molar-refractivity contribution in [3.8, 4) is 0 Å². The second kappa shape index (κ2) is 6.21. The lowest BCUT2D eigenvalue weighted by molar-refractivity contribution is -0.151. The van der Waals surface area contributed by atoms with E-state index in [0.29, 0.717) is 18.1 Å². The molecule has 2 N–H and O–H groups in total. The van der Waals surface area contributed by atoms with Gasteiger partial charge in [-0.05, 0) is 32.1 Å². The predicted molar refractivity (Wildman–Crippen MR) is 86.0 cm³/mol. The number of nitrogens with zero attached hydrogens (tertiary/aromatic N) is 1. The molecule has 2 atom stereocenters. The highest BCUT2D eigenvalue weighted by atomic mass is 32.1. The van der Waals surface area contributed by atoms with Crippen LogP contribution in [-0.2, 0) is 9.53 Å². The minimum atomic E-state index is -0.587. The molecule has 0 aromatic rings. The third-order valence-corrected chi connectivity index (χ3v) is 5.97. The number of thiocarbonyl (C=S) groups is 1. The molecule has 1 heterocycles. The van der Waals surface area contributed by atoms with Crippen LogP contribution in [0.15, 0.2) is 0 Å². The zero-order chi connectivity index (χ0) is 14.9. The zero-order valence-corrected chi connectivity index (χ0v) is 13.5. The van der Waals surface area contributed by atoms with Crippen molar-refractivity contribution in [2.45, 2.75) is 69.9 Å². The Morgan fingerprint density at radius 3 is 2.52 bits per heavy atom. The number of morpholine rings is 1. The van der Waals surface area contributed by atoms with Crippen LogP contribution in [0, 0.1) is 5.41 Å². The van der Waals surface area contributed by atoms with Crippen LogP contribution >= 0.6 is 12.2 Å². The van der Waals surface area contributed by atoms with Crippen LogP contribution in [0.25, 0.3) is 0 Å². The average molecular weight is 310 g/mol.